The summed E-state index contributed by atoms with van der Waals surface area (Å²) in [6, 6.07) is 11.6. The highest BCUT2D eigenvalue weighted by Gasteiger charge is 2.35. The molecule has 21 heavy (non-hydrogen) atoms. The largest absolute Gasteiger partial charge is 0.381 e. The molecule has 1 amide bonds. The number of ether oxygens (including phenoxy) is 1. The fourth-order valence-electron chi connectivity index (χ4n) is 2.47. The first-order chi connectivity index (χ1) is 10.2. The van der Waals surface area contributed by atoms with Crippen LogP contribution >= 0.6 is 0 Å². The van der Waals surface area contributed by atoms with E-state index in [1.54, 1.807) is 0 Å². The van der Waals surface area contributed by atoms with Gasteiger partial charge in [-0.3, -0.25) is 4.79 Å². The van der Waals surface area contributed by atoms with Crippen molar-refractivity contribution in [3.05, 3.63) is 48.8 Å². The van der Waals surface area contributed by atoms with Gasteiger partial charge in [-0.05, 0) is 43.2 Å². The SMILES string of the molecule is NC1(C(=O)Nc2cccc(-n3cccc3)c2)CCOCC1. The van der Waals surface area contributed by atoms with Crippen molar-refractivity contribution in [2.75, 3.05) is 18.5 Å². The molecule has 3 N–H and O–H groups in total. The molecule has 1 aliphatic rings. The number of nitrogens with two attached hydrogens (primary N) is 1. The normalized spacial score (nSPS) is 17.4. The lowest BCUT2D eigenvalue weighted by molar-refractivity contribution is -0.124. The average molecular weight is 285 g/mol. The van der Waals surface area contributed by atoms with Crippen LogP contribution in [-0.2, 0) is 9.53 Å². The molecule has 0 unspecified atom stereocenters. The van der Waals surface area contributed by atoms with Gasteiger partial charge < -0.3 is 20.4 Å². The van der Waals surface area contributed by atoms with Gasteiger partial charge in [-0.25, -0.2) is 0 Å². The second kappa shape index (κ2) is 5.71. The molecule has 5 heteroatoms. The first-order valence-electron chi connectivity index (χ1n) is 7.09. The van der Waals surface area contributed by atoms with Crippen molar-refractivity contribution in [1.29, 1.82) is 0 Å². The van der Waals surface area contributed by atoms with E-state index in [1.165, 1.54) is 0 Å². The zero-order chi connectivity index (χ0) is 14.7. The molecule has 0 bridgehead atoms. The summed E-state index contributed by atoms with van der Waals surface area (Å²) in [4.78, 5) is 12.4. The number of carbonyl (C=O) groups excluding carboxylic acids is 1. The van der Waals surface area contributed by atoms with Crippen LogP contribution < -0.4 is 11.1 Å². The van der Waals surface area contributed by atoms with Crippen molar-refractivity contribution in [1.82, 2.24) is 4.57 Å². The Morgan fingerprint density at radius 1 is 1.19 bits per heavy atom. The van der Waals surface area contributed by atoms with Gasteiger partial charge in [0.25, 0.3) is 0 Å². The van der Waals surface area contributed by atoms with Crippen molar-refractivity contribution in [2.24, 2.45) is 5.73 Å². The van der Waals surface area contributed by atoms with Crippen molar-refractivity contribution in [3.8, 4) is 5.69 Å². The Morgan fingerprint density at radius 2 is 1.90 bits per heavy atom. The molecule has 1 saturated heterocycles. The molecule has 1 aromatic heterocycles. The average Bonchev–Trinajstić information content (AvgIpc) is 3.02. The lowest BCUT2D eigenvalue weighted by atomic mass is 9.90. The molecule has 2 heterocycles. The number of hydrogen-bond donors (Lipinski definition) is 2. The van der Waals surface area contributed by atoms with Crippen LogP contribution in [0, 0.1) is 0 Å². The molecule has 0 spiro atoms. The second-order valence-electron chi connectivity index (χ2n) is 5.36. The Labute approximate surface area is 123 Å². The minimum Gasteiger partial charge on any atom is -0.381 e. The Kier molecular flexibility index (Phi) is 3.77. The summed E-state index contributed by atoms with van der Waals surface area (Å²) in [5.41, 5.74) is 7.10. The van der Waals surface area contributed by atoms with E-state index in [0.29, 0.717) is 26.1 Å². The van der Waals surface area contributed by atoms with E-state index in [0.717, 1.165) is 11.4 Å². The lowest BCUT2D eigenvalue weighted by Crippen LogP contribution is -2.54. The summed E-state index contributed by atoms with van der Waals surface area (Å²) < 4.78 is 7.26. The van der Waals surface area contributed by atoms with Gasteiger partial charge in [-0.15, -0.1) is 0 Å². The smallest absolute Gasteiger partial charge is 0.244 e. The Morgan fingerprint density at radius 3 is 2.62 bits per heavy atom. The van der Waals surface area contributed by atoms with Gasteiger partial charge in [-0.2, -0.15) is 0 Å². The van der Waals surface area contributed by atoms with Crippen molar-refractivity contribution in [2.45, 2.75) is 18.4 Å². The van der Waals surface area contributed by atoms with Crippen LogP contribution in [0.3, 0.4) is 0 Å². The third-order valence-electron chi connectivity index (χ3n) is 3.84. The molecule has 0 radical (unpaired) electrons. The van der Waals surface area contributed by atoms with Crippen LogP contribution in [0.25, 0.3) is 5.69 Å². The molecule has 110 valence electrons. The van der Waals surface area contributed by atoms with E-state index in [-0.39, 0.29) is 5.91 Å². The highest BCUT2D eigenvalue weighted by Crippen LogP contribution is 2.21. The monoisotopic (exact) mass is 285 g/mol. The van der Waals surface area contributed by atoms with Crippen LogP contribution in [0.1, 0.15) is 12.8 Å². The molecule has 1 aromatic carbocycles. The van der Waals surface area contributed by atoms with Crippen molar-refractivity contribution in [3.63, 3.8) is 0 Å². The van der Waals surface area contributed by atoms with E-state index < -0.39 is 5.54 Å². The number of hydrogen-bond acceptors (Lipinski definition) is 3. The number of amides is 1. The van der Waals surface area contributed by atoms with Gasteiger partial charge in [0.2, 0.25) is 5.91 Å². The minimum atomic E-state index is -0.832. The van der Waals surface area contributed by atoms with E-state index in [1.807, 2.05) is 53.4 Å². The topological polar surface area (TPSA) is 69.3 Å². The number of nitrogens with one attached hydrogen (secondary N) is 1. The molecular weight excluding hydrogens is 266 g/mol. The van der Waals surface area contributed by atoms with Crippen LogP contribution in [0.15, 0.2) is 48.8 Å². The van der Waals surface area contributed by atoms with Crippen LogP contribution in [0.2, 0.25) is 0 Å². The highest BCUT2D eigenvalue weighted by atomic mass is 16.5. The molecule has 1 aliphatic heterocycles. The number of benzene rings is 1. The quantitative estimate of drug-likeness (QED) is 0.905. The molecule has 2 aromatic rings. The number of rotatable bonds is 3. The number of aromatic nitrogens is 1. The van der Waals surface area contributed by atoms with Crippen LogP contribution in [0.4, 0.5) is 5.69 Å². The number of nitrogens with zero attached hydrogens (tertiary/aromatic N) is 1. The van der Waals surface area contributed by atoms with Gasteiger partial charge in [0.15, 0.2) is 0 Å². The predicted molar refractivity (Wildman–Crippen MR) is 81.4 cm³/mol. The van der Waals surface area contributed by atoms with E-state index in [2.05, 4.69) is 5.32 Å². The maximum absolute atomic E-state index is 12.4. The summed E-state index contributed by atoms with van der Waals surface area (Å²) in [5, 5.41) is 2.92. The molecule has 5 nitrogen and oxygen atoms in total. The molecule has 0 atom stereocenters. The molecule has 3 rings (SSSR count). The van der Waals surface area contributed by atoms with E-state index >= 15 is 0 Å². The van der Waals surface area contributed by atoms with Gasteiger partial charge in [0.1, 0.15) is 5.54 Å². The van der Waals surface area contributed by atoms with Gasteiger partial charge in [0, 0.05) is 37.0 Å². The Balaban J connectivity index is 1.76. The summed E-state index contributed by atoms with van der Waals surface area (Å²) in [5.74, 6) is -0.143. The Hall–Kier alpha value is -2.11. The van der Waals surface area contributed by atoms with Crippen LogP contribution in [-0.4, -0.2) is 29.2 Å². The number of anilines is 1. The maximum Gasteiger partial charge on any atom is 0.244 e. The van der Waals surface area contributed by atoms with Crippen molar-refractivity contribution < 1.29 is 9.53 Å². The van der Waals surface area contributed by atoms with E-state index in [4.69, 9.17) is 10.5 Å². The third-order valence-corrected chi connectivity index (χ3v) is 3.84. The molecule has 0 saturated carbocycles. The Bertz CT molecular complexity index is 616. The maximum atomic E-state index is 12.4. The summed E-state index contributed by atoms with van der Waals surface area (Å²) in [6.07, 6.45) is 5.03. The predicted octanol–water partition coefficient (Wildman–Crippen LogP) is 1.92. The summed E-state index contributed by atoms with van der Waals surface area (Å²) >= 11 is 0. The fraction of sp³-hybridized carbons (Fsp3) is 0.312. The fourth-order valence-corrected chi connectivity index (χ4v) is 2.47. The van der Waals surface area contributed by atoms with E-state index in [9.17, 15) is 4.79 Å². The first kappa shape index (κ1) is 13.9. The zero-order valence-electron chi connectivity index (χ0n) is 11.8. The lowest BCUT2D eigenvalue weighted by Gasteiger charge is -2.31. The van der Waals surface area contributed by atoms with Gasteiger partial charge >= 0.3 is 0 Å². The summed E-state index contributed by atoms with van der Waals surface area (Å²) in [7, 11) is 0. The standard InChI is InChI=1S/C16H19N3O2/c17-16(6-10-21-11-7-16)15(20)18-13-4-3-5-14(12-13)19-8-1-2-9-19/h1-5,8-9,12H,6-7,10-11,17H2,(H,18,20). The minimum absolute atomic E-state index is 0.143. The molecule has 0 aliphatic carbocycles. The first-order valence-corrected chi connectivity index (χ1v) is 7.09. The van der Waals surface area contributed by atoms with Crippen LogP contribution in [0.5, 0.6) is 0 Å². The second-order valence-corrected chi connectivity index (χ2v) is 5.36. The third kappa shape index (κ3) is 2.99. The summed E-state index contributed by atoms with van der Waals surface area (Å²) in [6.45, 7) is 1.07. The van der Waals surface area contributed by atoms with Crippen molar-refractivity contribution >= 4 is 11.6 Å². The molecule has 1 fully saturated rings. The molecular formula is C16H19N3O2. The number of carbonyl (C=O) groups is 1. The van der Waals surface area contributed by atoms with Gasteiger partial charge in [-0.1, -0.05) is 6.07 Å². The van der Waals surface area contributed by atoms with Gasteiger partial charge in [0.05, 0.1) is 0 Å². The highest BCUT2D eigenvalue weighted by molar-refractivity contribution is 5.98. The zero-order valence-corrected chi connectivity index (χ0v) is 11.8.